The predicted molar refractivity (Wildman–Crippen MR) is 123 cm³/mol. The molecule has 0 atom stereocenters. The number of anilines is 1. The summed E-state index contributed by atoms with van der Waals surface area (Å²) in [4.78, 5) is 13.6. The van der Waals surface area contributed by atoms with Crippen LogP contribution in [-0.2, 0) is 0 Å². The molecule has 7 heteroatoms. The molecule has 158 valence electrons. The normalized spacial score (nSPS) is 10.7. The second kappa shape index (κ2) is 8.57. The van der Waals surface area contributed by atoms with Gasteiger partial charge in [0.05, 0.1) is 32.0 Å². The Morgan fingerprint density at radius 3 is 2.13 bits per heavy atom. The number of ketones is 1. The first kappa shape index (κ1) is 20.6. The quantitative estimate of drug-likeness (QED) is 0.326. The number of hydrogen-bond acceptors (Lipinski definition) is 6. The molecular formula is C24H22N2O4S. The first-order valence-corrected chi connectivity index (χ1v) is 10.4. The van der Waals surface area contributed by atoms with Gasteiger partial charge in [0.1, 0.15) is 0 Å². The summed E-state index contributed by atoms with van der Waals surface area (Å²) in [6.07, 6.45) is 1.96. The monoisotopic (exact) mass is 434 g/mol. The fourth-order valence-electron chi connectivity index (χ4n) is 3.42. The van der Waals surface area contributed by atoms with E-state index in [1.807, 2.05) is 58.6 Å². The Labute approximate surface area is 184 Å². The molecular weight excluding hydrogens is 412 g/mol. The maximum Gasteiger partial charge on any atom is 0.210 e. The smallest absolute Gasteiger partial charge is 0.210 e. The third-order valence-corrected chi connectivity index (χ3v) is 5.83. The Hall–Kier alpha value is -3.71. The van der Waals surface area contributed by atoms with Crippen molar-refractivity contribution in [3.8, 4) is 33.4 Å². The number of nitrogen functional groups attached to an aromatic ring is 1. The van der Waals surface area contributed by atoms with Crippen LogP contribution in [0.3, 0.4) is 0 Å². The van der Waals surface area contributed by atoms with Crippen molar-refractivity contribution in [3.63, 3.8) is 0 Å². The van der Waals surface area contributed by atoms with Crippen LogP contribution in [0.25, 0.3) is 16.1 Å². The van der Waals surface area contributed by atoms with E-state index in [1.54, 1.807) is 23.5 Å². The van der Waals surface area contributed by atoms with Gasteiger partial charge in [0.2, 0.25) is 11.5 Å². The summed E-state index contributed by atoms with van der Waals surface area (Å²) in [5.41, 5.74) is 9.38. The van der Waals surface area contributed by atoms with Crippen molar-refractivity contribution in [2.24, 2.45) is 0 Å². The summed E-state index contributed by atoms with van der Waals surface area (Å²) in [5.74, 6) is 1.14. The van der Waals surface area contributed by atoms with Gasteiger partial charge in [-0.1, -0.05) is 12.1 Å². The Bertz CT molecular complexity index is 1190. The van der Waals surface area contributed by atoms with E-state index in [0.717, 1.165) is 16.1 Å². The van der Waals surface area contributed by atoms with E-state index in [9.17, 15) is 4.79 Å². The second-order valence-corrected chi connectivity index (χ2v) is 7.73. The van der Waals surface area contributed by atoms with Gasteiger partial charge in [-0.2, -0.15) is 0 Å². The van der Waals surface area contributed by atoms with Crippen LogP contribution in [0.4, 0.5) is 5.69 Å². The highest BCUT2D eigenvalue weighted by molar-refractivity contribution is 7.12. The maximum absolute atomic E-state index is 13.6. The zero-order chi connectivity index (χ0) is 22.0. The van der Waals surface area contributed by atoms with E-state index in [2.05, 4.69) is 0 Å². The largest absolute Gasteiger partial charge is 0.493 e. The standard InChI is InChI=1S/C24H22N2O4S/c1-28-20-12-16(13-21(29-2)24(20)30-3)23(27)19-11-17(15-6-8-18(25)9-7-15)14-26(19)22-5-4-10-31-22/h4-14H,25H2,1-3H3. The number of nitrogens with zero attached hydrogens (tertiary/aromatic N) is 1. The van der Waals surface area contributed by atoms with Crippen molar-refractivity contribution >= 4 is 22.8 Å². The lowest BCUT2D eigenvalue weighted by Gasteiger charge is -2.14. The Balaban J connectivity index is 1.85. The number of benzene rings is 2. The molecule has 0 amide bonds. The average molecular weight is 435 g/mol. The molecule has 2 aromatic heterocycles. The summed E-state index contributed by atoms with van der Waals surface area (Å²) in [6.45, 7) is 0. The van der Waals surface area contributed by atoms with Gasteiger partial charge < -0.3 is 24.5 Å². The summed E-state index contributed by atoms with van der Waals surface area (Å²) >= 11 is 1.56. The topological polar surface area (TPSA) is 75.7 Å². The number of carbonyl (C=O) groups is 1. The number of hydrogen-bond donors (Lipinski definition) is 1. The lowest BCUT2D eigenvalue weighted by Crippen LogP contribution is -2.08. The van der Waals surface area contributed by atoms with Gasteiger partial charge in [0, 0.05) is 23.0 Å². The highest BCUT2D eigenvalue weighted by atomic mass is 32.1. The van der Waals surface area contributed by atoms with Crippen molar-refractivity contribution < 1.29 is 19.0 Å². The number of nitrogens with two attached hydrogens (primary N) is 1. The van der Waals surface area contributed by atoms with Crippen molar-refractivity contribution in [1.29, 1.82) is 0 Å². The average Bonchev–Trinajstić information content (AvgIpc) is 3.48. The SMILES string of the molecule is COc1cc(C(=O)c2cc(-c3ccc(N)cc3)cn2-c2cccs2)cc(OC)c1OC. The molecule has 0 radical (unpaired) electrons. The minimum Gasteiger partial charge on any atom is -0.493 e. The van der Waals surface area contributed by atoms with Gasteiger partial charge in [-0.25, -0.2) is 0 Å². The van der Waals surface area contributed by atoms with Gasteiger partial charge in [-0.05, 0) is 53.4 Å². The van der Waals surface area contributed by atoms with Crippen molar-refractivity contribution in [2.45, 2.75) is 0 Å². The highest BCUT2D eigenvalue weighted by Gasteiger charge is 2.22. The first-order valence-electron chi connectivity index (χ1n) is 9.52. The summed E-state index contributed by atoms with van der Waals surface area (Å²) in [6, 6.07) is 16.7. The lowest BCUT2D eigenvalue weighted by atomic mass is 10.0. The molecule has 4 rings (SSSR count). The van der Waals surface area contributed by atoms with E-state index >= 15 is 0 Å². The molecule has 6 nitrogen and oxygen atoms in total. The zero-order valence-electron chi connectivity index (χ0n) is 17.4. The van der Waals surface area contributed by atoms with Crippen LogP contribution >= 0.6 is 11.3 Å². The summed E-state index contributed by atoms with van der Waals surface area (Å²) in [7, 11) is 4.58. The molecule has 0 spiro atoms. The van der Waals surface area contributed by atoms with Crippen LogP contribution in [0.2, 0.25) is 0 Å². The van der Waals surface area contributed by atoms with Crippen molar-refractivity contribution in [2.75, 3.05) is 27.1 Å². The molecule has 0 fully saturated rings. The minimum absolute atomic E-state index is 0.158. The molecule has 0 saturated heterocycles. The molecule has 4 aromatic rings. The summed E-state index contributed by atoms with van der Waals surface area (Å²) < 4.78 is 18.1. The molecule has 0 saturated carbocycles. The van der Waals surface area contributed by atoms with E-state index < -0.39 is 0 Å². The predicted octanol–water partition coefficient (Wildman–Crippen LogP) is 5.04. The van der Waals surface area contributed by atoms with Crippen LogP contribution in [0, 0.1) is 0 Å². The minimum atomic E-state index is -0.158. The van der Waals surface area contributed by atoms with Gasteiger partial charge in [0.15, 0.2) is 11.5 Å². The van der Waals surface area contributed by atoms with E-state index in [0.29, 0.717) is 34.2 Å². The summed E-state index contributed by atoms with van der Waals surface area (Å²) in [5, 5.41) is 2.92. The van der Waals surface area contributed by atoms with Crippen LogP contribution in [0.15, 0.2) is 66.2 Å². The van der Waals surface area contributed by atoms with E-state index in [1.165, 1.54) is 21.3 Å². The molecule has 2 N–H and O–H groups in total. The fourth-order valence-corrected chi connectivity index (χ4v) is 4.14. The lowest BCUT2D eigenvalue weighted by molar-refractivity contribution is 0.103. The first-order chi connectivity index (χ1) is 15.0. The number of methoxy groups -OCH3 is 3. The molecule has 0 unspecified atom stereocenters. The van der Waals surface area contributed by atoms with Gasteiger partial charge in [-0.15, -0.1) is 11.3 Å². The Morgan fingerprint density at radius 1 is 0.903 bits per heavy atom. The van der Waals surface area contributed by atoms with Crippen LogP contribution in [0.5, 0.6) is 17.2 Å². The van der Waals surface area contributed by atoms with Crippen LogP contribution in [-0.4, -0.2) is 31.7 Å². The zero-order valence-corrected chi connectivity index (χ0v) is 18.2. The van der Waals surface area contributed by atoms with E-state index in [4.69, 9.17) is 19.9 Å². The Kier molecular flexibility index (Phi) is 5.68. The molecule has 0 aliphatic carbocycles. The number of ether oxygens (including phenoxy) is 3. The highest BCUT2D eigenvalue weighted by Crippen LogP contribution is 2.39. The molecule has 0 aliphatic rings. The third kappa shape index (κ3) is 3.87. The molecule has 0 bridgehead atoms. The number of rotatable bonds is 7. The molecule has 2 aromatic carbocycles. The molecule has 0 aliphatic heterocycles. The number of thiophene rings is 1. The van der Waals surface area contributed by atoms with Crippen LogP contribution in [0.1, 0.15) is 16.1 Å². The number of aromatic nitrogens is 1. The second-order valence-electron chi connectivity index (χ2n) is 6.80. The van der Waals surface area contributed by atoms with Crippen molar-refractivity contribution in [3.05, 3.63) is 77.4 Å². The Morgan fingerprint density at radius 2 is 1.58 bits per heavy atom. The van der Waals surface area contributed by atoms with Crippen LogP contribution < -0.4 is 19.9 Å². The van der Waals surface area contributed by atoms with Gasteiger partial charge >= 0.3 is 0 Å². The molecule has 2 heterocycles. The third-order valence-electron chi connectivity index (χ3n) is 4.97. The van der Waals surface area contributed by atoms with Gasteiger partial charge in [0.25, 0.3) is 0 Å². The fraction of sp³-hybridized carbons (Fsp3) is 0.125. The number of carbonyl (C=O) groups excluding carboxylic acids is 1. The van der Waals surface area contributed by atoms with Gasteiger partial charge in [-0.3, -0.25) is 4.79 Å². The van der Waals surface area contributed by atoms with Crippen molar-refractivity contribution in [1.82, 2.24) is 4.57 Å². The maximum atomic E-state index is 13.6. The van der Waals surface area contributed by atoms with E-state index in [-0.39, 0.29) is 5.78 Å². The molecule has 31 heavy (non-hydrogen) atoms.